The molecule has 0 unspecified atom stereocenters. The number of nitrogens with one attached hydrogen (secondary N) is 1. The van der Waals surface area contributed by atoms with Gasteiger partial charge in [-0.25, -0.2) is 0 Å². The molecule has 92 valence electrons. The first-order valence-electron chi connectivity index (χ1n) is 5.57. The number of aromatic hydroxyl groups is 2. The number of amides is 1. The zero-order valence-corrected chi connectivity index (χ0v) is 10.2. The number of carbonyl (C=O) groups excluding carboxylic acids is 1. The van der Waals surface area contributed by atoms with Gasteiger partial charge in [-0.2, -0.15) is 11.8 Å². The molecule has 1 fully saturated rings. The lowest BCUT2D eigenvalue weighted by Crippen LogP contribution is -2.37. The minimum Gasteiger partial charge on any atom is -0.508 e. The summed E-state index contributed by atoms with van der Waals surface area (Å²) in [5, 5.41) is 21.7. The minimum absolute atomic E-state index is 0.0212. The van der Waals surface area contributed by atoms with Crippen LogP contribution in [0.3, 0.4) is 0 Å². The van der Waals surface area contributed by atoms with E-state index in [1.807, 2.05) is 11.8 Å². The van der Waals surface area contributed by atoms with E-state index in [1.165, 1.54) is 18.2 Å². The van der Waals surface area contributed by atoms with E-state index in [0.29, 0.717) is 0 Å². The maximum atomic E-state index is 11.9. The number of phenols is 2. The van der Waals surface area contributed by atoms with Gasteiger partial charge in [0.05, 0.1) is 5.56 Å². The van der Waals surface area contributed by atoms with Gasteiger partial charge in [0.15, 0.2) is 0 Å². The highest BCUT2D eigenvalue weighted by molar-refractivity contribution is 7.99. The molecule has 1 heterocycles. The van der Waals surface area contributed by atoms with Crippen LogP contribution in [0.5, 0.6) is 11.5 Å². The number of carbonyl (C=O) groups is 1. The summed E-state index contributed by atoms with van der Waals surface area (Å²) in [5.41, 5.74) is 0.128. The average Bonchev–Trinajstić information content (AvgIpc) is 2.33. The zero-order chi connectivity index (χ0) is 12.3. The third-order valence-corrected chi connectivity index (χ3v) is 3.83. The standard InChI is InChI=1S/C12H15NO3S/c14-9-1-2-11(15)10(7-9)12(16)13-8-3-5-17-6-4-8/h1-2,7-8,14-15H,3-6H2,(H,13,16). The zero-order valence-electron chi connectivity index (χ0n) is 9.35. The van der Waals surface area contributed by atoms with Crippen LogP contribution in [-0.2, 0) is 0 Å². The van der Waals surface area contributed by atoms with Crippen LogP contribution in [-0.4, -0.2) is 33.7 Å². The second-order valence-electron chi connectivity index (χ2n) is 4.06. The third-order valence-electron chi connectivity index (χ3n) is 2.78. The van der Waals surface area contributed by atoms with Crippen LogP contribution in [0.4, 0.5) is 0 Å². The third kappa shape index (κ3) is 3.06. The lowest BCUT2D eigenvalue weighted by molar-refractivity contribution is 0.0931. The fourth-order valence-corrected chi connectivity index (χ4v) is 2.92. The van der Waals surface area contributed by atoms with Crippen molar-refractivity contribution in [2.45, 2.75) is 18.9 Å². The summed E-state index contributed by atoms with van der Waals surface area (Å²) in [4.78, 5) is 11.9. The predicted octanol–water partition coefficient (Wildman–Crippen LogP) is 1.72. The average molecular weight is 253 g/mol. The van der Waals surface area contributed by atoms with E-state index in [1.54, 1.807) is 0 Å². The minimum atomic E-state index is -0.324. The number of benzene rings is 1. The molecule has 1 saturated heterocycles. The molecule has 1 aliphatic heterocycles. The Kier molecular flexibility index (Phi) is 3.78. The molecule has 0 aliphatic carbocycles. The van der Waals surface area contributed by atoms with E-state index in [9.17, 15) is 15.0 Å². The van der Waals surface area contributed by atoms with E-state index < -0.39 is 0 Å². The number of thioether (sulfide) groups is 1. The Morgan fingerprint density at radius 2 is 2.00 bits per heavy atom. The molecular weight excluding hydrogens is 238 g/mol. The summed E-state index contributed by atoms with van der Waals surface area (Å²) in [6.07, 6.45) is 1.91. The second kappa shape index (κ2) is 5.31. The molecule has 0 saturated carbocycles. The molecule has 4 nitrogen and oxygen atoms in total. The van der Waals surface area contributed by atoms with Crippen LogP contribution < -0.4 is 5.32 Å². The highest BCUT2D eigenvalue weighted by Crippen LogP contribution is 2.23. The Balaban J connectivity index is 2.05. The van der Waals surface area contributed by atoms with Gasteiger partial charge in [-0.3, -0.25) is 4.79 Å². The highest BCUT2D eigenvalue weighted by atomic mass is 32.2. The van der Waals surface area contributed by atoms with Crippen LogP contribution in [0, 0.1) is 0 Å². The van der Waals surface area contributed by atoms with Crippen molar-refractivity contribution in [3.05, 3.63) is 23.8 Å². The number of hydrogen-bond acceptors (Lipinski definition) is 4. The second-order valence-corrected chi connectivity index (χ2v) is 5.29. The highest BCUT2D eigenvalue weighted by Gasteiger charge is 2.18. The fraction of sp³-hybridized carbons (Fsp3) is 0.417. The van der Waals surface area contributed by atoms with Crippen molar-refractivity contribution >= 4 is 17.7 Å². The SMILES string of the molecule is O=C(NC1CCSCC1)c1cc(O)ccc1O. The summed E-state index contributed by atoms with van der Waals surface area (Å²) in [7, 11) is 0. The first-order chi connectivity index (χ1) is 8.16. The van der Waals surface area contributed by atoms with Crippen molar-refractivity contribution in [1.82, 2.24) is 5.32 Å². The van der Waals surface area contributed by atoms with Crippen molar-refractivity contribution in [3.8, 4) is 11.5 Å². The van der Waals surface area contributed by atoms with Crippen LogP contribution in [0.2, 0.25) is 0 Å². The Morgan fingerprint density at radius 1 is 1.29 bits per heavy atom. The predicted molar refractivity (Wildman–Crippen MR) is 67.6 cm³/mol. The molecule has 0 radical (unpaired) electrons. The van der Waals surface area contributed by atoms with Gasteiger partial charge >= 0.3 is 0 Å². The van der Waals surface area contributed by atoms with Gasteiger partial charge in [0.1, 0.15) is 11.5 Å². The van der Waals surface area contributed by atoms with Crippen molar-refractivity contribution < 1.29 is 15.0 Å². The molecule has 3 N–H and O–H groups in total. The van der Waals surface area contributed by atoms with Crippen molar-refractivity contribution in [3.63, 3.8) is 0 Å². The van der Waals surface area contributed by atoms with Gasteiger partial charge < -0.3 is 15.5 Å². The molecule has 1 aromatic carbocycles. The summed E-state index contributed by atoms with van der Waals surface area (Å²) in [6, 6.07) is 4.12. The lowest BCUT2D eigenvalue weighted by Gasteiger charge is -2.22. The maximum Gasteiger partial charge on any atom is 0.255 e. The molecule has 5 heteroatoms. The molecule has 2 rings (SSSR count). The van der Waals surface area contributed by atoms with E-state index in [4.69, 9.17) is 0 Å². The Morgan fingerprint density at radius 3 is 2.71 bits per heavy atom. The summed E-state index contributed by atoms with van der Waals surface area (Å²) < 4.78 is 0. The van der Waals surface area contributed by atoms with Gasteiger partial charge in [0, 0.05) is 6.04 Å². The summed E-state index contributed by atoms with van der Waals surface area (Å²) in [6.45, 7) is 0. The summed E-state index contributed by atoms with van der Waals surface area (Å²) >= 11 is 1.89. The molecule has 1 aliphatic rings. The topological polar surface area (TPSA) is 69.6 Å². The van der Waals surface area contributed by atoms with Crippen molar-refractivity contribution in [2.75, 3.05) is 11.5 Å². The number of hydrogen-bond donors (Lipinski definition) is 3. The van der Waals surface area contributed by atoms with Crippen LogP contribution in [0.25, 0.3) is 0 Å². The molecular formula is C12H15NO3S. The lowest BCUT2D eigenvalue weighted by atomic mass is 10.1. The molecule has 0 aromatic heterocycles. The van der Waals surface area contributed by atoms with Crippen LogP contribution in [0.15, 0.2) is 18.2 Å². The smallest absolute Gasteiger partial charge is 0.255 e. The Bertz CT molecular complexity index is 416. The Labute approximate surface area is 104 Å². The van der Waals surface area contributed by atoms with E-state index in [0.717, 1.165) is 24.3 Å². The first kappa shape index (κ1) is 12.1. The maximum absolute atomic E-state index is 11.9. The van der Waals surface area contributed by atoms with E-state index in [-0.39, 0.29) is 29.0 Å². The van der Waals surface area contributed by atoms with E-state index in [2.05, 4.69) is 5.32 Å². The van der Waals surface area contributed by atoms with Crippen molar-refractivity contribution in [2.24, 2.45) is 0 Å². The van der Waals surface area contributed by atoms with Gasteiger partial charge in [0.2, 0.25) is 0 Å². The number of rotatable bonds is 2. The normalized spacial score (nSPS) is 16.7. The Hall–Kier alpha value is -1.36. The van der Waals surface area contributed by atoms with Crippen LogP contribution >= 0.6 is 11.8 Å². The fourth-order valence-electron chi connectivity index (χ4n) is 1.81. The molecule has 0 bridgehead atoms. The molecule has 0 spiro atoms. The molecule has 17 heavy (non-hydrogen) atoms. The van der Waals surface area contributed by atoms with E-state index >= 15 is 0 Å². The molecule has 0 atom stereocenters. The molecule has 1 aromatic rings. The van der Waals surface area contributed by atoms with Gasteiger partial charge in [0.25, 0.3) is 5.91 Å². The van der Waals surface area contributed by atoms with Gasteiger partial charge in [-0.1, -0.05) is 0 Å². The monoisotopic (exact) mass is 253 g/mol. The molecule has 1 amide bonds. The first-order valence-corrected chi connectivity index (χ1v) is 6.73. The summed E-state index contributed by atoms with van der Waals surface area (Å²) in [5.74, 6) is 1.65. The van der Waals surface area contributed by atoms with Gasteiger partial charge in [-0.15, -0.1) is 0 Å². The van der Waals surface area contributed by atoms with Crippen molar-refractivity contribution in [1.29, 1.82) is 0 Å². The quantitative estimate of drug-likeness (QED) is 0.702. The number of phenolic OH excluding ortho intramolecular Hbond substituents is 2. The van der Waals surface area contributed by atoms with Gasteiger partial charge in [-0.05, 0) is 42.5 Å². The van der Waals surface area contributed by atoms with Crippen LogP contribution in [0.1, 0.15) is 23.2 Å². The largest absolute Gasteiger partial charge is 0.508 e.